The Morgan fingerprint density at radius 3 is 2.76 bits per heavy atom. The molecule has 1 aromatic heterocycles. The summed E-state index contributed by atoms with van der Waals surface area (Å²) in [4.78, 5) is 18.5. The molecule has 2 aromatic rings. The predicted molar refractivity (Wildman–Crippen MR) is 109 cm³/mol. The molecule has 6 nitrogen and oxygen atoms in total. The number of rotatable bonds is 2. The summed E-state index contributed by atoms with van der Waals surface area (Å²) in [6, 6.07) is 9.44. The minimum absolute atomic E-state index is 0.154. The van der Waals surface area contributed by atoms with E-state index in [0.29, 0.717) is 35.3 Å². The smallest absolute Gasteiger partial charge is 0.410 e. The summed E-state index contributed by atoms with van der Waals surface area (Å²) in [5.74, 6) is 0.522. The summed E-state index contributed by atoms with van der Waals surface area (Å²) in [6.07, 6.45) is 2.14. The molecule has 3 heterocycles. The van der Waals surface area contributed by atoms with Crippen LogP contribution >= 0.6 is 11.6 Å². The first kappa shape index (κ1) is 19.8. The summed E-state index contributed by atoms with van der Waals surface area (Å²) in [5.41, 5.74) is 1.17. The van der Waals surface area contributed by atoms with Gasteiger partial charge >= 0.3 is 6.09 Å². The van der Waals surface area contributed by atoms with E-state index in [9.17, 15) is 4.79 Å². The second-order valence-electron chi connectivity index (χ2n) is 8.60. The summed E-state index contributed by atoms with van der Waals surface area (Å²) < 4.78 is 17.9. The molecule has 0 radical (unpaired) electrons. The largest absolute Gasteiger partial charge is 0.444 e. The number of pyridine rings is 1. The number of hydrogen-bond donors (Lipinski definition) is 0. The van der Waals surface area contributed by atoms with E-state index in [1.807, 2.05) is 45.9 Å². The third kappa shape index (κ3) is 3.99. The van der Waals surface area contributed by atoms with E-state index in [-0.39, 0.29) is 12.0 Å². The van der Waals surface area contributed by atoms with Crippen molar-refractivity contribution in [2.45, 2.75) is 51.4 Å². The second kappa shape index (κ2) is 7.10. The van der Waals surface area contributed by atoms with Gasteiger partial charge in [-0.2, -0.15) is 0 Å². The van der Waals surface area contributed by atoms with Crippen LogP contribution in [0.5, 0.6) is 11.5 Å². The van der Waals surface area contributed by atoms with Crippen molar-refractivity contribution in [1.29, 1.82) is 0 Å². The number of nitrogens with zero attached hydrogens (tertiary/aromatic N) is 2. The highest BCUT2D eigenvalue weighted by molar-refractivity contribution is 6.30. The third-order valence-electron chi connectivity index (χ3n) is 5.08. The van der Waals surface area contributed by atoms with Crippen LogP contribution in [-0.2, 0) is 10.5 Å². The van der Waals surface area contributed by atoms with E-state index in [1.165, 1.54) is 0 Å². The van der Waals surface area contributed by atoms with E-state index >= 15 is 0 Å². The van der Waals surface area contributed by atoms with Crippen LogP contribution in [0.25, 0.3) is 0 Å². The number of para-hydroxylation sites is 1. The molecule has 0 bridgehead atoms. The van der Waals surface area contributed by atoms with Crippen molar-refractivity contribution >= 4 is 17.7 Å². The monoisotopic (exact) mass is 416 g/mol. The van der Waals surface area contributed by atoms with Gasteiger partial charge in [0.1, 0.15) is 11.3 Å². The topological polar surface area (TPSA) is 60.9 Å². The van der Waals surface area contributed by atoms with Crippen LogP contribution in [0.15, 0.2) is 36.5 Å². The minimum atomic E-state index is -1.02. The molecule has 1 saturated heterocycles. The van der Waals surface area contributed by atoms with Crippen LogP contribution in [0, 0.1) is 0 Å². The van der Waals surface area contributed by atoms with Gasteiger partial charge in [-0.1, -0.05) is 23.7 Å². The normalized spacial score (nSPS) is 23.3. The number of ether oxygens (including phenoxy) is 3. The van der Waals surface area contributed by atoms with Crippen molar-refractivity contribution in [2.75, 3.05) is 13.1 Å². The molecule has 0 spiro atoms. The van der Waals surface area contributed by atoms with E-state index < -0.39 is 11.4 Å². The zero-order chi connectivity index (χ0) is 20.8. The van der Waals surface area contributed by atoms with Crippen molar-refractivity contribution in [3.05, 3.63) is 52.8 Å². The Balaban J connectivity index is 1.54. The zero-order valence-corrected chi connectivity index (χ0v) is 17.8. The molecule has 29 heavy (non-hydrogen) atoms. The molecule has 1 fully saturated rings. The van der Waals surface area contributed by atoms with Gasteiger partial charge in [0.15, 0.2) is 11.5 Å². The fourth-order valence-electron chi connectivity index (χ4n) is 3.72. The number of amides is 1. The number of hydrogen-bond acceptors (Lipinski definition) is 5. The number of carbonyl (C=O) groups is 1. The van der Waals surface area contributed by atoms with Crippen LogP contribution < -0.4 is 9.47 Å². The number of fused-ring (bicyclic) bond motifs is 1. The first-order valence-electron chi connectivity index (χ1n) is 9.75. The quantitative estimate of drug-likeness (QED) is 0.681. The van der Waals surface area contributed by atoms with Crippen molar-refractivity contribution < 1.29 is 19.0 Å². The number of halogens is 1. The lowest BCUT2D eigenvalue weighted by atomic mass is 9.97. The summed E-state index contributed by atoms with van der Waals surface area (Å²) in [6.45, 7) is 8.71. The van der Waals surface area contributed by atoms with Crippen molar-refractivity contribution in [3.63, 3.8) is 0 Å². The number of aromatic nitrogens is 1. The molecule has 0 N–H and O–H groups in total. The lowest BCUT2D eigenvalue weighted by Crippen LogP contribution is -2.35. The minimum Gasteiger partial charge on any atom is -0.444 e. The number of likely N-dealkylation sites (tertiary alicyclic amines) is 1. The molecule has 7 heteroatoms. The molecular formula is C22H25ClN2O4. The Morgan fingerprint density at radius 1 is 1.28 bits per heavy atom. The second-order valence-corrected chi connectivity index (χ2v) is 9.03. The van der Waals surface area contributed by atoms with Gasteiger partial charge in [-0.05, 0) is 45.4 Å². The molecule has 1 amide bonds. The Kier molecular flexibility index (Phi) is 4.85. The van der Waals surface area contributed by atoms with Crippen LogP contribution in [0.1, 0.15) is 51.3 Å². The van der Waals surface area contributed by atoms with Gasteiger partial charge in [0.25, 0.3) is 5.79 Å². The highest BCUT2D eigenvalue weighted by Crippen LogP contribution is 2.48. The maximum Gasteiger partial charge on any atom is 0.410 e. The van der Waals surface area contributed by atoms with E-state index in [0.717, 1.165) is 12.0 Å². The molecule has 2 aliphatic rings. The first-order chi connectivity index (χ1) is 13.6. The molecule has 2 unspecified atom stereocenters. The summed E-state index contributed by atoms with van der Waals surface area (Å²) >= 11 is 5.96. The standard InChI is InChI=1S/C22H25ClN2O4/c1-21(2,3)29-20(26)25-11-10-14(13-25)16-6-5-7-17-19(16)28-22(4,27-17)18-9-8-15(23)12-24-18/h5-9,12,14H,10-11,13H2,1-4H3. The van der Waals surface area contributed by atoms with Crippen molar-refractivity contribution in [3.8, 4) is 11.5 Å². The Hall–Kier alpha value is -2.47. The van der Waals surface area contributed by atoms with E-state index in [2.05, 4.69) is 4.98 Å². The van der Waals surface area contributed by atoms with E-state index in [1.54, 1.807) is 23.2 Å². The highest BCUT2D eigenvalue weighted by Gasteiger charge is 2.43. The molecule has 0 saturated carbocycles. The fraction of sp³-hybridized carbons (Fsp3) is 0.455. The summed E-state index contributed by atoms with van der Waals surface area (Å²) in [7, 11) is 0. The summed E-state index contributed by atoms with van der Waals surface area (Å²) in [5, 5.41) is 0.557. The molecular weight excluding hydrogens is 392 g/mol. The average Bonchev–Trinajstić information content (AvgIpc) is 3.25. The van der Waals surface area contributed by atoms with E-state index in [4.69, 9.17) is 25.8 Å². The fourth-order valence-corrected chi connectivity index (χ4v) is 3.84. The van der Waals surface area contributed by atoms with Crippen molar-refractivity contribution in [2.24, 2.45) is 0 Å². The van der Waals surface area contributed by atoms with Gasteiger partial charge in [-0.3, -0.25) is 4.98 Å². The maximum absolute atomic E-state index is 12.4. The molecule has 2 aliphatic heterocycles. The number of carbonyl (C=O) groups excluding carboxylic acids is 1. The molecule has 2 atom stereocenters. The average molecular weight is 417 g/mol. The molecule has 154 valence electrons. The zero-order valence-electron chi connectivity index (χ0n) is 17.1. The first-order valence-corrected chi connectivity index (χ1v) is 10.1. The SMILES string of the molecule is CC(C)(C)OC(=O)N1CCC(c2cccc3c2OC(C)(c2ccc(Cl)cn2)O3)C1. The lowest BCUT2D eigenvalue weighted by molar-refractivity contribution is -0.0721. The number of benzene rings is 1. The highest BCUT2D eigenvalue weighted by atomic mass is 35.5. The van der Waals surface area contributed by atoms with Gasteiger partial charge in [-0.25, -0.2) is 4.79 Å². The van der Waals surface area contributed by atoms with Crippen molar-refractivity contribution in [1.82, 2.24) is 9.88 Å². The third-order valence-corrected chi connectivity index (χ3v) is 5.31. The maximum atomic E-state index is 12.4. The van der Waals surface area contributed by atoms with Gasteiger partial charge < -0.3 is 19.1 Å². The van der Waals surface area contributed by atoms with Crippen LogP contribution in [-0.4, -0.2) is 34.7 Å². The van der Waals surface area contributed by atoms with Gasteiger partial charge in [0, 0.05) is 37.7 Å². The molecule has 0 aliphatic carbocycles. The van der Waals surface area contributed by atoms with Gasteiger partial charge in [-0.15, -0.1) is 0 Å². The van der Waals surface area contributed by atoms with Gasteiger partial charge in [0.05, 0.1) is 5.02 Å². The molecule has 4 rings (SSSR count). The predicted octanol–water partition coefficient (Wildman–Crippen LogP) is 5.10. The van der Waals surface area contributed by atoms with Crippen LogP contribution in [0.2, 0.25) is 5.02 Å². The lowest BCUT2D eigenvalue weighted by Gasteiger charge is -2.24. The van der Waals surface area contributed by atoms with Gasteiger partial charge in [0.2, 0.25) is 0 Å². The Labute approximate surface area is 175 Å². The Morgan fingerprint density at radius 2 is 2.07 bits per heavy atom. The van der Waals surface area contributed by atoms with Crippen LogP contribution in [0.3, 0.4) is 0 Å². The Bertz CT molecular complexity index is 925. The van der Waals surface area contributed by atoms with Crippen LogP contribution in [0.4, 0.5) is 4.79 Å². The molecule has 1 aromatic carbocycles.